The molecule has 2 fully saturated rings. The number of aliphatic hydroxyl groups is 1. The van der Waals surface area contributed by atoms with Crippen LogP contribution in [0.4, 0.5) is 5.69 Å². The van der Waals surface area contributed by atoms with Gasteiger partial charge in [-0.3, -0.25) is 33.6 Å². The molecule has 3 aromatic heterocycles. The molecule has 0 saturated carbocycles. The molecule has 6 aromatic rings. The number of β-amino-alcohol motifs (C(OH)–C–C–N with tert-alkyl or cyclic N) is 1. The standard InChI is InChI=1S/C58H69ClN10O6S2/c1-34-37(4)77-57-51(34)52(41-14-18-43(59)19-15-41)62-46(55-65-64-38(5)69(55)57)30-49(72)61-35(2)40-16-20-44(21-17-40)67-25-23-66(24-26-67)27-28-75-32-50(73)63-54(58(6,7)8)56(74)68-31-45(70)29-47(68)48(71)22-11-39-9-12-42(13-10-39)53-36(3)60-33-76-53/h9-10,12-21,33,35,45-47,54,70H,11,22-32H2,1-8H3,(H,61,72)(H,63,73)/t35-,45-,46+,47+,54-/m1/s1. The van der Waals surface area contributed by atoms with E-state index < -0.39 is 35.6 Å². The number of hydrogen-bond donors (Lipinski definition) is 3. The number of thiazole rings is 1. The van der Waals surface area contributed by atoms with Gasteiger partial charge in [0.15, 0.2) is 11.6 Å². The fourth-order valence-corrected chi connectivity index (χ4v) is 12.6. The first-order valence-electron chi connectivity index (χ1n) is 26.4. The Labute approximate surface area is 463 Å². The lowest BCUT2D eigenvalue weighted by molar-refractivity contribution is -0.144. The maximum absolute atomic E-state index is 14.1. The van der Waals surface area contributed by atoms with Crippen molar-refractivity contribution >= 4 is 69.2 Å². The number of ether oxygens (including phenoxy) is 1. The van der Waals surface area contributed by atoms with Crippen LogP contribution >= 0.6 is 34.3 Å². The van der Waals surface area contributed by atoms with Crippen LogP contribution in [0.1, 0.15) is 109 Å². The molecule has 3 aliphatic heterocycles. The Hall–Kier alpha value is -6.15. The topological polar surface area (TPSA) is 187 Å². The predicted molar refractivity (Wildman–Crippen MR) is 303 cm³/mol. The Bertz CT molecular complexity index is 3120. The second kappa shape index (κ2) is 23.8. The molecular weight excluding hydrogens is 1030 g/mol. The molecule has 16 nitrogen and oxygen atoms in total. The van der Waals surface area contributed by atoms with Crippen molar-refractivity contribution in [1.29, 1.82) is 0 Å². The molecular formula is C58H69ClN10O6S2. The maximum Gasteiger partial charge on any atom is 0.246 e. The van der Waals surface area contributed by atoms with Crippen LogP contribution < -0.4 is 15.5 Å². The number of aliphatic hydroxyl groups excluding tert-OH is 1. The highest BCUT2D eigenvalue weighted by Crippen LogP contribution is 2.40. The summed E-state index contributed by atoms with van der Waals surface area (Å²) >= 11 is 9.56. The van der Waals surface area contributed by atoms with Crippen molar-refractivity contribution in [3.05, 3.63) is 133 Å². The lowest BCUT2D eigenvalue weighted by Crippen LogP contribution is -2.57. The van der Waals surface area contributed by atoms with Gasteiger partial charge in [-0.2, -0.15) is 0 Å². The van der Waals surface area contributed by atoms with Crippen molar-refractivity contribution in [3.8, 4) is 15.4 Å². The van der Waals surface area contributed by atoms with Crippen LogP contribution in [0.5, 0.6) is 0 Å². The number of aryl methyl sites for hydroxylation is 4. The summed E-state index contributed by atoms with van der Waals surface area (Å²) in [7, 11) is 0. The van der Waals surface area contributed by atoms with Crippen LogP contribution in [0, 0.1) is 33.1 Å². The first kappa shape index (κ1) is 55.6. The molecule has 0 bridgehead atoms. The van der Waals surface area contributed by atoms with Crippen LogP contribution in [-0.2, 0) is 30.3 Å². The zero-order valence-corrected chi connectivity index (χ0v) is 47.5. The lowest BCUT2D eigenvalue weighted by atomic mass is 9.85. The summed E-state index contributed by atoms with van der Waals surface area (Å²) in [4.78, 5) is 72.9. The molecule has 9 rings (SSSR count). The van der Waals surface area contributed by atoms with E-state index in [-0.39, 0.29) is 56.1 Å². The quantitative estimate of drug-likeness (QED) is 0.0703. The number of fused-ring (bicyclic) bond motifs is 3. The molecule has 3 aromatic carbocycles. The number of ketones is 1. The number of anilines is 1. The van der Waals surface area contributed by atoms with Gasteiger partial charge in [0, 0.05) is 78.8 Å². The van der Waals surface area contributed by atoms with Crippen LogP contribution in [0.15, 0.2) is 83.3 Å². The molecule has 3 aliphatic rings. The van der Waals surface area contributed by atoms with Gasteiger partial charge in [-0.25, -0.2) is 4.98 Å². The van der Waals surface area contributed by atoms with Crippen LogP contribution in [-0.4, -0.2) is 135 Å². The second-order valence-corrected chi connectivity index (χ2v) is 24.1. The number of halogens is 1. The predicted octanol–water partition coefficient (Wildman–Crippen LogP) is 8.33. The minimum absolute atomic E-state index is 0.0323. The highest BCUT2D eigenvalue weighted by atomic mass is 35.5. The largest absolute Gasteiger partial charge is 0.391 e. The molecule has 0 unspecified atom stereocenters. The van der Waals surface area contributed by atoms with Gasteiger partial charge in [-0.1, -0.05) is 80.9 Å². The zero-order chi connectivity index (χ0) is 54.7. The van der Waals surface area contributed by atoms with Gasteiger partial charge in [-0.05, 0) is 93.0 Å². The Morgan fingerprint density at radius 1 is 0.883 bits per heavy atom. The van der Waals surface area contributed by atoms with Crippen molar-refractivity contribution in [1.82, 2.24) is 40.2 Å². The van der Waals surface area contributed by atoms with E-state index in [4.69, 9.17) is 21.3 Å². The number of thiophene rings is 1. The summed E-state index contributed by atoms with van der Waals surface area (Å²) in [6.07, 6.45) is 0.166. The van der Waals surface area contributed by atoms with Crippen molar-refractivity contribution in [2.24, 2.45) is 10.4 Å². The van der Waals surface area contributed by atoms with Gasteiger partial charge in [0.25, 0.3) is 0 Å². The monoisotopic (exact) mass is 1100 g/mol. The average Bonchev–Trinajstić information content (AvgIpc) is 4.31. The molecule has 0 aliphatic carbocycles. The molecule has 2 saturated heterocycles. The Balaban J connectivity index is 0.718. The number of nitrogens with zero attached hydrogens (tertiary/aromatic N) is 8. The number of carbonyl (C=O) groups is 4. The molecule has 3 amide bonds. The van der Waals surface area contributed by atoms with Gasteiger partial charge in [0.2, 0.25) is 17.7 Å². The fourth-order valence-electron chi connectivity index (χ4n) is 10.5. The van der Waals surface area contributed by atoms with Gasteiger partial charge in [0.05, 0.1) is 53.0 Å². The summed E-state index contributed by atoms with van der Waals surface area (Å²) in [6.45, 7) is 19.8. The maximum atomic E-state index is 14.1. The average molecular weight is 1100 g/mol. The van der Waals surface area contributed by atoms with Crippen LogP contribution in [0.2, 0.25) is 5.02 Å². The van der Waals surface area contributed by atoms with E-state index in [1.807, 2.05) is 95.6 Å². The van der Waals surface area contributed by atoms with E-state index in [1.54, 1.807) is 22.7 Å². The number of amides is 3. The smallest absolute Gasteiger partial charge is 0.246 e. The van der Waals surface area contributed by atoms with E-state index in [2.05, 4.69) is 78.3 Å². The van der Waals surface area contributed by atoms with Gasteiger partial charge >= 0.3 is 0 Å². The Kier molecular flexibility index (Phi) is 17.2. The number of benzene rings is 3. The SMILES string of the molecule is Cc1ncsc1-c1ccc(CCC(=O)[C@@H]2C[C@@H](O)CN2C(=O)[C@@H](NC(=O)COCCN2CCN(c3ccc([C@@H](C)NC(=O)C[C@@H]4N=C(c5ccc(Cl)cc5)c5c(sc(C)c5C)-n5c(C)nnc54)cc3)CC2)C(C)(C)C)cc1. The summed E-state index contributed by atoms with van der Waals surface area (Å²) in [6, 6.07) is 21.6. The number of Topliss-reactive ketones (excluding diaryl/α,β-unsaturated/α-hetero) is 1. The number of hydrogen-bond acceptors (Lipinski definition) is 14. The Morgan fingerprint density at radius 2 is 1.58 bits per heavy atom. The number of likely N-dealkylation sites (tertiary alicyclic amines) is 1. The minimum atomic E-state index is -0.924. The summed E-state index contributed by atoms with van der Waals surface area (Å²) in [5, 5.41) is 27.4. The van der Waals surface area contributed by atoms with E-state index in [0.29, 0.717) is 30.4 Å². The number of aliphatic imine (C=N–C) groups is 1. The summed E-state index contributed by atoms with van der Waals surface area (Å²) < 4.78 is 7.90. The normalized spacial score (nSPS) is 18.5. The molecule has 3 N–H and O–H groups in total. The van der Waals surface area contributed by atoms with E-state index >= 15 is 0 Å². The second-order valence-electron chi connectivity index (χ2n) is 21.6. The minimum Gasteiger partial charge on any atom is -0.391 e. The molecule has 0 spiro atoms. The number of piperazine rings is 1. The third-order valence-electron chi connectivity index (χ3n) is 15.0. The molecule has 6 heterocycles. The molecule has 77 heavy (non-hydrogen) atoms. The summed E-state index contributed by atoms with van der Waals surface area (Å²) in [5.74, 6) is 0.320. The lowest BCUT2D eigenvalue weighted by Gasteiger charge is -2.36. The highest BCUT2D eigenvalue weighted by molar-refractivity contribution is 7.15. The molecule has 0 radical (unpaired) electrons. The molecule has 19 heteroatoms. The van der Waals surface area contributed by atoms with Gasteiger partial charge in [0.1, 0.15) is 29.5 Å². The first-order chi connectivity index (χ1) is 36.8. The zero-order valence-electron chi connectivity index (χ0n) is 45.1. The van der Waals surface area contributed by atoms with Crippen molar-refractivity contribution in [2.75, 3.05) is 57.4 Å². The first-order valence-corrected chi connectivity index (χ1v) is 28.5. The van der Waals surface area contributed by atoms with E-state index in [9.17, 15) is 24.3 Å². The van der Waals surface area contributed by atoms with E-state index in [1.165, 1.54) is 9.78 Å². The Morgan fingerprint density at radius 3 is 2.26 bits per heavy atom. The summed E-state index contributed by atoms with van der Waals surface area (Å²) in [5.41, 5.74) is 10.2. The molecule has 5 atom stereocenters. The van der Waals surface area contributed by atoms with Crippen LogP contribution in [0.3, 0.4) is 0 Å². The van der Waals surface area contributed by atoms with E-state index in [0.717, 1.165) is 92.4 Å². The number of aromatic nitrogens is 4. The number of rotatable bonds is 18. The van der Waals surface area contributed by atoms with Crippen molar-refractivity contribution in [2.45, 2.75) is 111 Å². The van der Waals surface area contributed by atoms with Gasteiger partial charge in [-0.15, -0.1) is 32.9 Å². The third kappa shape index (κ3) is 12.7. The fraction of sp³-hybridized carbons (Fsp3) is 0.448. The molecule has 406 valence electrons. The number of carbonyl (C=O) groups excluding carboxylic acids is 4. The third-order valence-corrected chi connectivity index (χ3v) is 17.4. The highest BCUT2D eigenvalue weighted by Gasteiger charge is 2.44. The van der Waals surface area contributed by atoms with Gasteiger partial charge < -0.3 is 30.3 Å². The number of nitrogens with one attached hydrogen (secondary N) is 2. The van der Waals surface area contributed by atoms with Crippen molar-refractivity contribution < 1.29 is 29.0 Å². The van der Waals surface area contributed by atoms with Crippen molar-refractivity contribution in [3.63, 3.8) is 0 Å². The van der Waals surface area contributed by atoms with Crippen LogP contribution in [0.25, 0.3) is 15.4 Å².